The van der Waals surface area contributed by atoms with E-state index in [0.29, 0.717) is 17.3 Å². The van der Waals surface area contributed by atoms with Crippen molar-refractivity contribution in [2.75, 3.05) is 5.32 Å². The topological polar surface area (TPSA) is 29.3 Å². The summed E-state index contributed by atoms with van der Waals surface area (Å²) >= 11 is 1.57. The summed E-state index contributed by atoms with van der Waals surface area (Å²) in [5.41, 5.74) is 1.92. The molecule has 2 aromatic heterocycles. The van der Waals surface area contributed by atoms with Gasteiger partial charge >= 0.3 is 0 Å². The van der Waals surface area contributed by atoms with Crippen molar-refractivity contribution in [1.29, 1.82) is 0 Å². The molecule has 1 aliphatic carbocycles. The van der Waals surface area contributed by atoms with E-state index in [0.717, 1.165) is 39.9 Å². The van der Waals surface area contributed by atoms with E-state index < -0.39 is 11.6 Å². The number of rotatable bonds is 3. The van der Waals surface area contributed by atoms with Gasteiger partial charge in [0.2, 0.25) is 0 Å². The smallest absolute Gasteiger partial charge is 0.197 e. The molecule has 0 saturated heterocycles. The second kappa shape index (κ2) is 6.06. The Kier molecular flexibility index (Phi) is 3.67. The SMILES string of the molecule is Fc1ccc(-c2nc3sc4ccccc4n3c2NC2CCCC2)c(F)c1. The normalized spacial score (nSPS) is 15.3. The van der Waals surface area contributed by atoms with Gasteiger partial charge < -0.3 is 5.32 Å². The predicted molar refractivity (Wildman–Crippen MR) is 102 cm³/mol. The second-order valence-electron chi connectivity index (χ2n) is 6.75. The molecule has 0 unspecified atom stereocenters. The number of anilines is 1. The predicted octanol–water partition coefficient (Wildman–Crippen LogP) is 5.85. The third-order valence-corrected chi connectivity index (χ3v) is 6.06. The number of hydrogen-bond acceptors (Lipinski definition) is 3. The highest BCUT2D eigenvalue weighted by molar-refractivity contribution is 7.23. The van der Waals surface area contributed by atoms with Gasteiger partial charge in [0.25, 0.3) is 0 Å². The van der Waals surface area contributed by atoms with E-state index in [2.05, 4.69) is 15.8 Å². The molecule has 0 bridgehead atoms. The van der Waals surface area contributed by atoms with Crippen molar-refractivity contribution in [1.82, 2.24) is 9.38 Å². The molecule has 1 fully saturated rings. The van der Waals surface area contributed by atoms with Crippen LogP contribution in [0.1, 0.15) is 25.7 Å². The van der Waals surface area contributed by atoms with Crippen molar-refractivity contribution < 1.29 is 8.78 Å². The first-order chi connectivity index (χ1) is 12.7. The molecule has 0 atom stereocenters. The standard InChI is InChI=1S/C20H17F2N3S/c21-12-9-10-14(15(22)11-12)18-19(23-13-5-1-2-6-13)25-16-7-3-4-8-17(16)26-20(25)24-18/h3-4,7-11,13,23H,1-2,5-6H2. The van der Waals surface area contributed by atoms with Crippen LogP contribution in [0.15, 0.2) is 42.5 Å². The number of hydrogen-bond donors (Lipinski definition) is 1. The van der Waals surface area contributed by atoms with E-state index in [1.807, 2.05) is 18.2 Å². The van der Waals surface area contributed by atoms with Crippen LogP contribution in [0, 0.1) is 11.6 Å². The summed E-state index contributed by atoms with van der Waals surface area (Å²) in [7, 11) is 0. The average molecular weight is 369 g/mol. The van der Waals surface area contributed by atoms with Gasteiger partial charge in [0, 0.05) is 17.7 Å². The fourth-order valence-electron chi connectivity index (χ4n) is 3.78. The number of thiazole rings is 1. The minimum Gasteiger partial charge on any atom is -0.367 e. The zero-order chi connectivity index (χ0) is 17.7. The van der Waals surface area contributed by atoms with Gasteiger partial charge in [0.15, 0.2) is 4.96 Å². The van der Waals surface area contributed by atoms with Gasteiger partial charge in [-0.05, 0) is 37.1 Å². The zero-order valence-electron chi connectivity index (χ0n) is 14.0. The number of imidazole rings is 1. The lowest BCUT2D eigenvalue weighted by Gasteiger charge is -2.15. The Labute approximate surface area is 153 Å². The molecule has 1 aliphatic rings. The van der Waals surface area contributed by atoms with Gasteiger partial charge in [-0.25, -0.2) is 13.8 Å². The fraction of sp³-hybridized carbons (Fsp3) is 0.250. The molecule has 0 aliphatic heterocycles. The lowest BCUT2D eigenvalue weighted by atomic mass is 10.1. The maximum atomic E-state index is 14.5. The molecule has 2 heterocycles. The molecule has 6 heteroatoms. The minimum absolute atomic E-state index is 0.326. The van der Waals surface area contributed by atoms with Crippen molar-refractivity contribution in [3.05, 3.63) is 54.1 Å². The van der Waals surface area contributed by atoms with Crippen molar-refractivity contribution in [3.63, 3.8) is 0 Å². The summed E-state index contributed by atoms with van der Waals surface area (Å²) in [6, 6.07) is 12.1. The van der Waals surface area contributed by atoms with Crippen molar-refractivity contribution in [2.45, 2.75) is 31.7 Å². The number of halogens is 2. The van der Waals surface area contributed by atoms with Gasteiger partial charge in [-0.1, -0.05) is 36.3 Å². The van der Waals surface area contributed by atoms with Crippen LogP contribution in [-0.4, -0.2) is 15.4 Å². The van der Waals surface area contributed by atoms with Crippen LogP contribution in [-0.2, 0) is 0 Å². The maximum Gasteiger partial charge on any atom is 0.197 e. The van der Waals surface area contributed by atoms with E-state index in [9.17, 15) is 8.78 Å². The van der Waals surface area contributed by atoms with E-state index >= 15 is 0 Å². The van der Waals surface area contributed by atoms with Crippen molar-refractivity contribution in [2.24, 2.45) is 0 Å². The third-order valence-electron chi connectivity index (χ3n) is 5.04. The molecular weight excluding hydrogens is 352 g/mol. The summed E-state index contributed by atoms with van der Waals surface area (Å²) < 4.78 is 31.0. The van der Waals surface area contributed by atoms with Crippen LogP contribution in [0.3, 0.4) is 0 Å². The number of nitrogens with one attached hydrogen (secondary N) is 1. The Morgan fingerprint density at radius 3 is 2.69 bits per heavy atom. The molecular formula is C20H17F2N3S. The molecule has 4 aromatic rings. The number of fused-ring (bicyclic) bond motifs is 3. The van der Waals surface area contributed by atoms with E-state index in [1.165, 1.54) is 25.0 Å². The van der Waals surface area contributed by atoms with Gasteiger partial charge in [-0.2, -0.15) is 0 Å². The first-order valence-electron chi connectivity index (χ1n) is 8.82. The van der Waals surface area contributed by atoms with E-state index in [1.54, 1.807) is 11.3 Å². The minimum atomic E-state index is -0.588. The zero-order valence-corrected chi connectivity index (χ0v) is 14.8. The Morgan fingerprint density at radius 2 is 1.88 bits per heavy atom. The molecule has 0 spiro atoms. The summed E-state index contributed by atoms with van der Waals surface area (Å²) in [6.07, 6.45) is 4.59. The first kappa shape index (κ1) is 15.8. The number of aromatic nitrogens is 2. The quantitative estimate of drug-likeness (QED) is 0.491. The Bertz CT molecular complexity index is 1110. The Hall–Kier alpha value is -2.47. The van der Waals surface area contributed by atoms with Crippen LogP contribution < -0.4 is 5.32 Å². The highest BCUT2D eigenvalue weighted by atomic mass is 32.1. The molecule has 3 nitrogen and oxygen atoms in total. The van der Waals surface area contributed by atoms with Gasteiger partial charge in [-0.15, -0.1) is 0 Å². The molecule has 0 amide bonds. The lowest BCUT2D eigenvalue weighted by Crippen LogP contribution is -2.16. The molecule has 1 N–H and O–H groups in total. The molecule has 2 aromatic carbocycles. The maximum absolute atomic E-state index is 14.5. The summed E-state index contributed by atoms with van der Waals surface area (Å²) in [5, 5.41) is 3.60. The van der Waals surface area contributed by atoms with Crippen molar-refractivity contribution >= 4 is 32.3 Å². The monoisotopic (exact) mass is 369 g/mol. The van der Waals surface area contributed by atoms with Gasteiger partial charge in [0.05, 0.1) is 10.2 Å². The number of nitrogens with zero attached hydrogens (tertiary/aromatic N) is 2. The van der Waals surface area contributed by atoms with Crippen molar-refractivity contribution in [3.8, 4) is 11.3 Å². The summed E-state index contributed by atoms with van der Waals surface area (Å²) in [4.78, 5) is 5.52. The Morgan fingerprint density at radius 1 is 1.08 bits per heavy atom. The van der Waals surface area contributed by atoms with Gasteiger partial charge in [0.1, 0.15) is 23.1 Å². The average Bonchev–Trinajstić information content (AvgIpc) is 3.32. The summed E-state index contributed by atoms with van der Waals surface area (Å²) in [6.45, 7) is 0. The molecule has 1 saturated carbocycles. The first-order valence-corrected chi connectivity index (χ1v) is 9.64. The van der Waals surface area contributed by atoms with Crippen LogP contribution in [0.2, 0.25) is 0 Å². The largest absolute Gasteiger partial charge is 0.367 e. The summed E-state index contributed by atoms with van der Waals surface area (Å²) in [5.74, 6) is -0.368. The Balaban J connectivity index is 1.76. The number of para-hydroxylation sites is 1. The fourth-order valence-corrected chi connectivity index (χ4v) is 4.81. The third kappa shape index (κ3) is 2.48. The molecule has 26 heavy (non-hydrogen) atoms. The van der Waals surface area contributed by atoms with Crippen LogP contribution >= 0.6 is 11.3 Å². The van der Waals surface area contributed by atoms with E-state index in [-0.39, 0.29) is 0 Å². The van der Waals surface area contributed by atoms with Crippen LogP contribution in [0.5, 0.6) is 0 Å². The van der Waals surface area contributed by atoms with Crippen LogP contribution in [0.4, 0.5) is 14.6 Å². The van der Waals surface area contributed by atoms with Crippen LogP contribution in [0.25, 0.3) is 26.4 Å². The van der Waals surface area contributed by atoms with E-state index in [4.69, 9.17) is 4.98 Å². The lowest BCUT2D eigenvalue weighted by molar-refractivity contribution is 0.585. The second-order valence-corrected chi connectivity index (χ2v) is 7.76. The van der Waals surface area contributed by atoms with Gasteiger partial charge in [-0.3, -0.25) is 4.40 Å². The number of benzene rings is 2. The molecule has 132 valence electrons. The molecule has 5 rings (SSSR count). The highest BCUT2D eigenvalue weighted by Gasteiger charge is 2.24. The molecule has 0 radical (unpaired) electrons. The highest BCUT2D eigenvalue weighted by Crippen LogP contribution is 2.38.